The highest BCUT2D eigenvalue weighted by Crippen LogP contribution is 2.03. The smallest absolute Gasteiger partial charge is 0.341 e. The zero-order chi connectivity index (χ0) is 13.3. The van der Waals surface area contributed by atoms with Gasteiger partial charge in [-0.1, -0.05) is 0 Å². The minimum absolute atomic E-state index is 0.226. The molecule has 0 unspecified atom stereocenters. The predicted octanol–water partition coefficient (Wildman–Crippen LogP) is 0.637. The van der Waals surface area contributed by atoms with Gasteiger partial charge in [0.05, 0.1) is 17.9 Å². The Bertz CT molecular complexity index is 655. The van der Waals surface area contributed by atoms with E-state index >= 15 is 0 Å². The molecule has 0 saturated heterocycles. The number of rotatable bonds is 3. The molecule has 2 aromatic heterocycles. The number of carboxylic acids is 1. The fraction of sp³-hybridized carbons (Fsp3) is 0.250. The third kappa shape index (κ3) is 2.17. The number of carbonyl (C=O) groups is 1. The van der Waals surface area contributed by atoms with E-state index < -0.39 is 11.5 Å². The summed E-state index contributed by atoms with van der Waals surface area (Å²) in [5.41, 5.74) is 0.965. The van der Waals surface area contributed by atoms with Crippen LogP contribution in [0.5, 0.6) is 0 Å². The number of carboxylic acid groups (broad SMARTS) is 1. The van der Waals surface area contributed by atoms with Crippen LogP contribution in [0.15, 0.2) is 29.2 Å². The topological polar surface area (TPSA) is 77.1 Å². The van der Waals surface area contributed by atoms with Crippen molar-refractivity contribution < 1.29 is 9.90 Å². The Morgan fingerprint density at radius 2 is 2.22 bits per heavy atom. The van der Waals surface area contributed by atoms with Crippen LogP contribution < -0.4 is 5.56 Å². The summed E-state index contributed by atoms with van der Waals surface area (Å²) in [6.45, 7) is 2.16. The summed E-state index contributed by atoms with van der Waals surface area (Å²) in [6, 6.07) is 4.71. The number of nitrogens with zero attached hydrogens (tertiary/aromatic N) is 3. The summed E-state index contributed by atoms with van der Waals surface area (Å²) in [5, 5.41) is 13.1. The van der Waals surface area contributed by atoms with Crippen molar-refractivity contribution in [2.45, 2.75) is 13.5 Å². The highest BCUT2D eigenvalue weighted by Gasteiger charge is 2.11. The van der Waals surface area contributed by atoms with Crippen LogP contribution in [0.4, 0.5) is 0 Å². The number of hydrogen-bond acceptors (Lipinski definition) is 3. The highest BCUT2D eigenvalue weighted by atomic mass is 16.4. The van der Waals surface area contributed by atoms with Crippen LogP contribution in [-0.4, -0.2) is 25.4 Å². The average Bonchev–Trinajstić information content (AvgIpc) is 2.60. The molecule has 0 fully saturated rings. The number of aromatic nitrogens is 3. The zero-order valence-electron chi connectivity index (χ0n) is 10.1. The molecule has 6 heteroatoms. The van der Waals surface area contributed by atoms with E-state index in [-0.39, 0.29) is 5.56 Å². The van der Waals surface area contributed by atoms with Crippen LogP contribution in [0.25, 0.3) is 0 Å². The van der Waals surface area contributed by atoms with Gasteiger partial charge in [0.15, 0.2) is 0 Å². The van der Waals surface area contributed by atoms with Crippen molar-refractivity contribution in [3.05, 3.63) is 51.7 Å². The van der Waals surface area contributed by atoms with Crippen LogP contribution in [0.1, 0.15) is 21.7 Å². The number of aromatic carboxylic acids is 1. The molecule has 18 heavy (non-hydrogen) atoms. The van der Waals surface area contributed by atoms with Crippen molar-refractivity contribution in [2.75, 3.05) is 0 Å². The molecule has 0 amide bonds. The third-order valence-electron chi connectivity index (χ3n) is 2.68. The Hall–Kier alpha value is -2.37. The molecule has 0 aliphatic rings. The molecule has 0 aliphatic carbocycles. The largest absolute Gasteiger partial charge is 0.477 e. The van der Waals surface area contributed by atoms with E-state index in [4.69, 9.17) is 5.11 Å². The Kier molecular flexibility index (Phi) is 3.01. The second-order valence-electron chi connectivity index (χ2n) is 4.06. The number of hydrogen-bond donors (Lipinski definition) is 1. The molecular weight excluding hydrogens is 234 g/mol. The van der Waals surface area contributed by atoms with Crippen molar-refractivity contribution in [3.63, 3.8) is 0 Å². The van der Waals surface area contributed by atoms with Gasteiger partial charge in [0.2, 0.25) is 0 Å². The molecule has 6 nitrogen and oxygen atoms in total. The normalized spacial score (nSPS) is 10.6. The summed E-state index contributed by atoms with van der Waals surface area (Å²) in [7, 11) is 1.79. The van der Waals surface area contributed by atoms with E-state index in [1.165, 1.54) is 10.6 Å². The van der Waals surface area contributed by atoms with Gasteiger partial charge in [-0.15, -0.1) is 0 Å². The monoisotopic (exact) mass is 247 g/mol. The third-order valence-corrected chi connectivity index (χ3v) is 2.68. The standard InChI is InChI=1S/C12H13N3O3/c1-8-6-9(14(2)13-8)7-15-5-3-4-10(11(15)16)12(17)18/h3-6H,7H2,1-2H3,(H,17,18). The van der Waals surface area contributed by atoms with E-state index in [0.717, 1.165) is 11.4 Å². The lowest BCUT2D eigenvalue weighted by molar-refractivity contribution is 0.0694. The van der Waals surface area contributed by atoms with Gasteiger partial charge >= 0.3 is 5.97 Å². The van der Waals surface area contributed by atoms with Gasteiger partial charge in [-0.3, -0.25) is 9.48 Å². The van der Waals surface area contributed by atoms with Gasteiger partial charge in [0, 0.05) is 13.2 Å². The van der Waals surface area contributed by atoms with Crippen LogP contribution in [0, 0.1) is 6.92 Å². The maximum atomic E-state index is 11.9. The molecule has 94 valence electrons. The Morgan fingerprint density at radius 1 is 1.50 bits per heavy atom. The van der Waals surface area contributed by atoms with Crippen LogP contribution in [0.2, 0.25) is 0 Å². The first-order valence-corrected chi connectivity index (χ1v) is 5.41. The summed E-state index contributed by atoms with van der Waals surface area (Å²) in [5.74, 6) is -1.21. The molecule has 0 saturated carbocycles. The summed E-state index contributed by atoms with van der Waals surface area (Å²) in [4.78, 5) is 22.8. The molecule has 1 N–H and O–H groups in total. The van der Waals surface area contributed by atoms with Crippen molar-refractivity contribution in [1.29, 1.82) is 0 Å². The summed E-state index contributed by atoms with van der Waals surface area (Å²) in [6.07, 6.45) is 1.57. The molecule has 0 bridgehead atoms. The molecule has 0 radical (unpaired) electrons. The first-order chi connectivity index (χ1) is 8.49. The fourth-order valence-electron chi connectivity index (χ4n) is 1.81. The van der Waals surface area contributed by atoms with Gasteiger partial charge in [-0.2, -0.15) is 5.10 Å². The highest BCUT2D eigenvalue weighted by molar-refractivity contribution is 5.86. The summed E-state index contributed by atoms with van der Waals surface area (Å²) >= 11 is 0. The van der Waals surface area contributed by atoms with Gasteiger partial charge < -0.3 is 9.67 Å². The van der Waals surface area contributed by atoms with Crippen LogP contribution in [-0.2, 0) is 13.6 Å². The fourth-order valence-corrected chi connectivity index (χ4v) is 1.81. The van der Waals surface area contributed by atoms with Gasteiger partial charge in [0.1, 0.15) is 5.56 Å². The van der Waals surface area contributed by atoms with Crippen molar-refractivity contribution in [1.82, 2.24) is 14.3 Å². The Labute approximate surface area is 103 Å². The van der Waals surface area contributed by atoms with Crippen molar-refractivity contribution in [2.24, 2.45) is 7.05 Å². The lowest BCUT2D eigenvalue weighted by atomic mass is 10.2. The van der Waals surface area contributed by atoms with Gasteiger partial charge in [0.25, 0.3) is 5.56 Å². The lowest BCUT2D eigenvalue weighted by Crippen LogP contribution is -2.26. The molecular formula is C12H13N3O3. The second-order valence-corrected chi connectivity index (χ2v) is 4.06. The quantitative estimate of drug-likeness (QED) is 0.863. The molecule has 2 aromatic rings. The minimum Gasteiger partial charge on any atom is -0.477 e. The molecule has 2 heterocycles. The minimum atomic E-state index is -1.21. The SMILES string of the molecule is Cc1cc(Cn2cccc(C(=O)O)c2=O)n(C)n1. The van der Waals surface area contributed by atoms with E-state index in [1.807, 2.05) is 13.0 Å². The molecule has 0 aromatic carbocycles. The van der Waals surface area contributed by atoms with E-state index in [1.54, 1.807) is 24.0 Å². The first-order valence-electron chi connectivity index (χ1n) is 5.41. The molecule has 0 spiro atoms. The van der Waals surface area contributed by atoms with E-state index in [9.17, 15) is 9.59 Å². The Balaban J connectivity index is 2.41. The maximum Gasteiger partial charge on any atom is 0.341 e. The number of pyridine rings is 1. The lowest BCUT2D eigenvalue weighted by Gasteiger charge is -2.06. The molecule has 0 aliphatic heterocycles. The maximum absolute atomic E-state index is 11.9. The van der Waals surface area contributed by atoms with Crippen molar-refractivity contribution >= 4 is 5.97 Å². The average molecular weight is 247 g/mol. The van der Waals surface area contributed by atoms with Crippen molar-refractivity contribution in [3.8, 4) is 0 Å². The zero-order valence-corrected chi connectivity index (χ0v) is 10.1. The van der Waals surface area contributed by atoms with Gasteiger partial charge in [-0.05, 0) is 25.1 Å². The first kappa shape index (κ1) is 12.1. The summed E-state index contributed by atoms with van der Waals surface area (Å²) < 4.78 is 3.04. The van der Waals surface area contributed by atoms with E-state index in [2.05, 4.69) is 5.10 Å². The number of aryl methyl sites for hydroxylation is 2. The van der Waals surface area contributed by atoms with Gasteiger partial charge in [-0.25, -0.2) is 4.79 Å². The molecule has 2 rings (SSSR count). The van der Waals surface area contributed by atoms with Crippen LogP contribution in [0.3, 0.4) is 0 Å². The van der Waals surface area contributed by atoms with E-state index in [0.29, 0.717) is 6.54 Å². The Morgan fingerprint density at radius 3 is 2.78 bits per heavy atom. The second kappa shape index (κ2) is 4.48. The molecule has 0 atom stereocenters. The predicted molar refractivity (Wildman–Crippen MR) is 64.7 cm³/mol. The van der Waals surface area contributed by atoms with Crippen LogP contribution >= 0.6 is 0 Å².